The lowest BCUT2D eigenvalue weighted by atomic mass is 10.0. The van der Waals surface area contributed by atoms with Gasteiger partial charge in [0.25, 0.3) is 5.91 Å². The maximum absolute atomic E-state index is 11.2. The molecule has 0 aliphatic heterocycles. The van der Waals surface area contributed by atoms with Gasteiger partial charge in [-0.1, -0.05) is 13.8 Å². The van der Waals surface area contributed by atoms with Crippen molar-refractivity contribution in [3.63, 3.8) is 0 Å². The summed E-state index contributed by atoms with van der Waals surface area (Å²) >= 11 is 0. The number of nitrogens with zero attached hydrogens (tertiary/aromatic N) is 1. The lowest BCUT2D eigenvalue weighted by Gasteiger charge is -2.20. The van der Waals surface area contributed by atoms with Crippen LogP contribution in [0.15, 0.2) is 18.3 Å². The third-order valence-electron chi connectivity index (χ3n) is 2.45. The summed E-state index contributed by atoms with van der Waals surface area (Å²) < 4.78 is 0. The number of hydrogen-bond donors (Lipinski definition) is 3. The van der Waals surface area contributed by atoms with Gasteiger partial charge in [-0.15, -0.1) is 0 Å². The first-order chi connectivity index (χ1) is 8.04. The number of hydrogen-bond acceptors (Lipinski definition) is 4. The largest absolute Gasteiger partial charge is 0.365 e. The molecule has 0 aliphatic carbocycles. The molecule has 0 saturated heterocycles. The molecule has 0 saturated carbocycles. The van der Waals surface area contributed by atoms with Gasteiger partial charge in [-0.05, 0) is 24.5 Å². The van der Waals surface area contributed by atoms with Crippen molar-refractivity contribution in [3.05, 3.63) is 23.9 Å². The van der Waals surface area contributed by atoms with Gasteiger partial charge in [0.05, 0.1) is 5.56 Å². The van der Waals surface area contributed by atoms with Gasteiger partial charge in [0, 0.05) is 18.8 Å². The minimum Gasteiger partial charge on any atom is -0.365 e. The lowest BCUT2D eigenvalue weighted by Crippen LogP contribution is -2.31. The Morgan fingerprint density at radius 1 is 1.53 bits per heavy atom. The van der Waals surface area contributed by atoms with E-state index in [4.69, 9.17) is 11.5 Å². The normalized spacial score (nSPS) is 12.5. The fraction of sp³-hybridized carbons (Fsp3) is 0.500. The molecule has 1 aromatic heterocycles. The molecule has 0 radical (unpaired) electrons. The molecule has 1 unspecified atom stereocenters. The quantitative estimate of drug-likeness (QED) is 0.686. The summed E-state index contributed by atoms with van der Waals surface area (Å²) in [6, 6.07) is 3.44. The predicted octanol–water partition coefficient (Wildman–Crippen LogP) is 0.966. The van der Waals surface area contributed by atoms with Crippen LogP contribution in [0, 0.1) is 5.92 Å². The molecule has 1 rings (SSSR count). The number of carbonyl (C=O) groups excluding carboxylic acids is 1. The topological polar surface area (TPSA) is 94.0 Å². The lowest BCUT2D eigenvalue weighted by molar-refractivity contribution is 0.100. The highest BCUT2D eigenvalue weighted by Crippen LogP contribution is 2.14. The van der Waals surface area contributed by atoms with Gasteiger partial charge in [-0.3, -0.25) is 4.79 Å². The maximum atomic E-state index is 11.2. The molecule has 17 heavy (non-hydrogen) atoms. The number of nitrogens with two attached hydrogens (primary N) is 2. The van der Waals surface area contributed by atoms with Crippen molar-refractivity contribution in [2.45, 2.75) is 26.3 Å². The Kier molecular flexibility index (Phi) is 4.90. The van der Waals surface area contributed by atoms with E-state index in [0.29, 0.717) is 23.8 Å². The SMILES string of the molecule is CC(C)CC(CN)Nc1ncccc1C(N)=O. The molecule has 0 bridgehead atoms. The molecule has 1 amide bonds. The second-order valence-electron chi connectivity index (χ2n) is 4.47. The molecule has 1 heterocycles. The average Bonchev–Trinajstić information content (AvgIpc) is 2.28. The summed E-state index contributed by atoms with van der Waals surface area (Å²) in [5, 5.41) is 3.17. The van der Waals surface area contributed by atoms with Crippen LogP contribution in [0.3, 0.4) is 0 Å². The van der Waals surface area contributed by atoms with Crippen molar-refractivity contribution in [1.82, 2.24) is 4.98 Å². The second-order valence-corrected chi connectivity index (χ2v) is 4.47. The zero-order valence-corrected chi connectivity index (χ0v) is 10.3. The van der Waals surface area contributed by atoms with Crippen LogP contribution in [0.25, 0.3) is 0 Å². The van der Waals surface area contributed by atoms with Crippen LogP contribution in [0.2, 0.25) is 0 Å². The Morgan fingerprint density at radius 2 is 2.24 bits per heavy atom. The summed E-state index contributed by atoms with van der Waals surface area (Å²) in [6.07, 6.45) is 2.54. The van der Waals surface area contributed by atoms with Crippen LogP contribution < -0.4 is 16.8 Å². The van der Waals surface area contributed by atoms with Crippen molar-refractivity contribution < 1.29 is 4.79 Å². The Bertz CT molecular complexity index is 379. The highest BCUT2D eigenvalue weighted by atomic mass is 16.1. The first-order valence-corrected chi connectivity index (χ1v) is 5.76. The van der Waals surface area contributed by atoms with Crippen LogP contribution >= 0.6 is 0 Å². The van der Waals surface area contributed by atoms with Gasteiger partial charge in [0.2, 0.25) is 0 Å². The summed E-state index contributed by atoms with van der Waals surface area (Å²) in [5.41, 5.74) is 11.4. The number of anilines is 1. The van der Waals surface area contributed by atoms with E-state index in [2.05, 4.69) is 24.1 Å². The Hall–Kier alpha value is -1.62. The molecule has 0 aliphatic rings. The summed E-state index contributed by atoms with van der Waals surface area (Å²) in [7, 11) is 0. The summed E-state index contributed by atoms with van der Waals surface area (Å²) in [5.74, 6) is 0.550. The molecule has 94 valence electrons. The van der Waals surface area contributed by atoms with Gasteiger partial charge in [0.15, 0.2) is 0 Å². The van der Waals surface area contributed by atoms with E-state index in [0.717, 1.165) is 6.42 Å². The van der Waals surface area contributed by atoms with Crippen molar-refractivity contribution in [2.75, 3.05) is 11.9 Å². The smallest absolute Gasteiger partial charge is 0.252 e. The zero-order chi connectivity index (χ0) is 12.8. The molecule has 0 fully saturated rings. The van der Waals surface area contributed by atoms with E-state index in [-0.39, 0.29) is 6.04 Å². The van der Waals surface area contributed by atoms with E-state index >= 15 is 0 Å². The van der Waals surface area contributed by atoms with Crippen LogP contribution in [0.1, 0.15) is 30.6 Å². The van der Waals surface area contributed by atoms with Crippen molar-refractivity contribution >= 4 is 11.7 Å². The van der Waals surface area contributed by atoms with Crippen LogP contribution in [0.5, 0.6) is 0 Å². The fourth-order valence-corrected chi connectivity index (χ4v) is 1.70. The third-order valence-corrected chi connectivity index (χ3v) is 2.45. The van der Waals surface area contributed by atoms with Crippen molar-refractivity contribution in [3.8, 4) is 0 Å². The van der Waals surface area contributed by atoms with E-state index in [1.54, 1.807) is 18.3 Å². The monoisotopic (exact) mass is 236 g/mol. The Morgan fingerprint density at radius 3 is 2.76 bits per heavy atom. The molecule has 1 aromatic rings. The zero-order valence-electron chi connectivity index (χ0n) is 10.3. The number of nitrogens with one attached hydrogen (secondary N) is 1. The van der Waals surface area contributed by atoms with Crippen LogP contribution in [-0.4, -0.2) is 23.5 Å². The van der Waals surface area contributed by atoms with Crippen LogP contribution in [0.4, 0.5) is 5.82 Å². The summed E-state index contributed by atoms with van der Waals surface area (Å²) in [4.78, 5) is 15.4. The van der Waals surface area contributed by atoms with Crippen LogP contribution in [-0.2, 0) is 0 Å². The molecule has 0 spiro atoms. The molecular weight excluding hydrogens is 216 g/mol. The van der Waals surface area contributed by atoms with Gasteiger partial charge in [-0.25, -0.2) is 4.98 Å². The first kappa shape index (κ1) is 13.4. The summed E-state index contributed by atoms with van der Waals surface area (Å²) in [6.45, 7) is 4.74. The molecule has 5 N–H and O–H groups in total. The predicted molar refractivity (Wildman–Crippen MR) is 68.7 cm³/mol. The highest BCUT2D eigenvalue weighted by molar-refractivity contribution is 5.97. The maximum Gasteiger partial charge on any atom is 0.252 e. The Labute approximate surface area is 102 Å². The van der Waals surface area contributed by atoms with Gasteiger partial charge < -0.3 is 16.8 Å². The van der Waals surface area contributed by atoms with Gasteiger partial charge in [-0.2, -0.15) is 0 Å². The third kappa shape index (κ3) is 4.03. The number of pyridine rings is 1. The number of amides is 1. The van der Waals surface area contributed by atoms with Gasteiger partial charge in [0.1, 0.15) is 5.82 Å². The Balaban J connectivity index is 2.82. The molecule has 5 heteroatoms. The number of rotatable bonds is 6. The van der Waals surface area contributed by atoms with E-state index in [9.17, 15) is 4.79 Å². The molecule has 5 nitrogen and oxygen atoms in total. The number of aromatic nitrogens is 1. The van der Waals surface area contributed by atoms with Crippen molar-refractivity contribution in [1.29, 1.82) is 0 Å². The molecule has 0 aromatic carbocycles. The van der Waals surface area contributed by atoms with E-state index in [1.165, 1.54) is 0 Å². The standard InChI is InChI=1S/C12H20N4O/c1-8(2)6-9(7-13)16-12-10(11(14)17)4-3-5-15-12/h3-5,8-9H,6-7,13H2,1-2H3,(H2,14,17)(H,15,16). The average molecular weight is 236 g/mol. The molecular formula is C12H20N4O. The van der Waals surface area contributed by atoms with Crippen molar-refractivity contribution in [2.24, 2.45) is 17.4 Å². The number of primary amides is 1. The van der Waals surface area contributed by atoms with E-state index < -0.39 is 5.91 Å². The fourth-order valence-electron chi connectivity index (χ4n) is 1.70. The van der Waals surface area contributed by atoms with Gasteiger partial charge >= 0.3 is 0 Å². The second kappa shape index (κ2) is 6.20. The minimum absolute atomic E-state index is 0.1000. The van der Waals surface area contributed by atoms with E-state index in [1.807, 2.05) is 0 Å². The number of carbonyl (C=O) groups is 1. The first-order valence-electron chi connectivity index (χ1n) is 5.76. The highest BCUT2D eigenvalue weighted by Gasteiger charge is 2.14. The minimum atomic E-state index is -0.485. The molecule has 1 atom stereocenters.